The average Bonchev–Trinajstić information content (AvgIpc) is 4.31. The molecule has 3 heterocycles. The molecule has 7 aromatic rings. The normalized spacial score (nSPS) is 13.9. The highest BCUT2D eigenvalue weighted by molar-refractivity contribution is 8.42. The molecule has 0 aliphatic carbocycles. The highest BCUT2D eigenvalue weighted by Crippen LogP contribution is 2.64. The minimum Gasteiger partial charge on any atom is -0.491 e. The minimum absolute atomic E-state index is 0.00176. The van der Waals surface area contributed by atoms with Crippen LogP contribution in [-0.2, 0) is 43.4 Å². The molecule has 14 heteroatoms. The van der Waals surface area contributed by atoms with E-state index in [9.17, 15) is 0 Å². The molecule has 0 radical (unpaired) electrons. The number of benzene rings is 6. The van der Waals surface area contributed by atoms with E-state index in [1.807, 2.05) is 107 Å². The van der Waals surface area contributed by atoms with Gasteiger partial charge in [-0.05, 0) is 86.7 Å². The molecule has 0 saturated heterocycles. The van der Waals surface area contributed by atoms with Crippen LogP contribution in [0.15, 0.2) is 173 Å². The zero-order valence-corrected chi connectivity index (χ0v) is 52.2. The van der Waals surface area contributed by atoms with Gasteiger partial charge in [-0.15, -0.1) is 23.5 Å². The highest BCUT2D eigenvalue weighted by Gasteiger charge is 2.39. The van der Waals surface area contributed by atoms with Crippen LogP contribution < -0.4 is 14.2 Å². The van der Waals surface area contributed by atoms with E-state index in [0.717, 1.165) is 46.7 Å². The maximum Gasteiger partial charge on any atom is 0.127 e. The molecule has 2 aliphatic heterocycles. The van der Waals surface area contributed by atoms with E-state index >= 15 is 0 Å². The summed E-state index contributed by atoms with van der Waals surface area (Å²) in [6.07, 6.45) is 7.65. The van der Waals surface area contributed by atoms with Crippen LogP contribution >= 0.6 is 70.6 Å². The second kappa shape index (κ2) is 28.3. The lowest BCUT2D eigenvalue weighted by molar-refractivity contribution is 0.0708. The first-order valence-electron chi connectivity index (χ1n) is 27.5. The molecule has 6 aromatic carbocycles. The van der Waals surface area contributed by atoms with Gasteiger partial charge in [-0.3, -0.25) is 0 Å². The zero-order chi connectivity index (χ0) is 56.1. The van der Waals surface area contributed by atoms with Gasteiger partial charge in [0.25, 0.3) is 0 Å². The first kappa shape index (κ1) is 60.3. The summed E-state index contributed by atoms with van der Waals surface area (Å²) in [5.41, 5.74) is 8.40. The van der Waals surface area contributed by atoms with E-state index in [1.165, 1.54) is 65.7 Å². The van der Waals surface area contributed by atoms with Crippen LogP contribution in [0.2, 0.25) is 0 Å². The number of aromatic nitrogens is 1. The molecular weight excluding hydrogens is 1110 g/mol. The van der Waals surface area contributed by atoms with Gasteiger partial charge in [0.1, 0.15) is 37.1 Å². The molecule has 9 rings (SSSR count). The molecule has 1 aromatic heterocycles. The van der Waals surface area contributed by atoms with Crippen molar-refractivity contribution in [2.24, 2.45) is 0 Å². The summed E-state index contributed by atoms with van der Waals surface area (Å²) >= 11 is 11.3. The Kier molecular flexibility index (Phi) is 21.3. The van der Waals surface area contributed by atoms with Gasteiger partial charge in [0, 0.05) is 45.3 Å². The zero-order valence-electron chi connectivity index (χ0n) is 47.3. The Hall–Kier alpha value is -4.32. The van der Waals surface area contributed by atoms with Crippen LogP contribution in [0.4, 0.5) is 0 Å². The van der Waals surface area contributed by atoms with Crippen molar-refractivity contribution in [1.29, 1.82) is 0 Å². The minimum atomic E-state index is -0.554. The van der Waals surface area contributed by atoms with Gasteiger partial charge in [-0.2, -0.15) is 0 Å². The molecule has 1 N–H and O–H groups in total. The smallest absolute Gasteiger partial charge is 0.127 e. The Labute approximate surface area is 500 Å². The number of aliphatic hydroxyl groups excluding tert-OH is 1. The van der Waals surface area contributed by atoms with Gasteiger partial charge in [0.05, 0.1) is 68.6 Å². The van der Waals surface area contributed by atoms with E-state index in [0.29, 0.717) is 59.5 Å². The number of thioether (sulfide) groups is 6. The molecule has 0 bridgehead atoms. The number of nitrogens with zero attached hydrogens (tertiary/aromatic N) is 1. The summed E-state index contributed by atoms with van der Waals surface area (Å²) in [6.45, 7) is 21.0. The van der Waals surface area contributed by atoms with Crippen LogP contribution in [0.3, 0.4) is 0 Å². The van der Waals surface area contributed by atoms with Crippen LogP contribution in [0.5, 0.6) is 17.2 Å². The fraction of sp³-hybridized carbons (Fsp3) is 0.364. The molecule has 8 nitrogen and oxygen atoms in total. The fourth-order valence-corrected chi connectivity index (χ4v) is 17.9. The Morgan fingerprint density at radius 1 is 0.475 bits per heavy atom. The van der Waals surface area contributed by atoms with E-state index < -0.39 is 5.41 Å². The maximum absolute atomic E-state index is 8.93. The van der Waals surface area contributed by atoms with Crippen molar-refractivity contribution in [3.63, 3.8) is 0 Å². The summed E-state index contributed by atoms with van der Waals surface area (Å²) in [5.74, 6) is 3.29. The van der Waals surface area contributed by atoms with Gasteiger partial charge in [-0.1, -0.05) is 205 Å². The van der Waals surface area contributed by atoms with Crippen molar-refractivity contribution in [2.45, 2.75) is 87.5 Å². The van der Waals surface area contributed by atoms with Gasteiger partial charge in [0.2, 0.25) is 0 Å². The van der Waals surface area contributed by atoms with Crippen molar-refractivity contribution < 1.29 is 33.5 Å². The summed E-state index contributed by atoms with van der Waals surface area (Å²) < 4.78 is 43.6. The van der Waals surface area contributed by atoms with Crippen molar-refractivity contribution in [3.05, 3.63) is 202 Å². The van der Waals surface area contributed by atoms with E-state index in [-0.39, 0.29) is 17.4 Å². The topological polar surface area (TPSA) is 80.5 Å². The molecule has 0 saturated carbocycles. The maximum atomic E-state index is 8.93. The number of rotatable bonds is 27. The van der Waals surface area contributed by atoms with Crippen LogP contribution in [-0.4, -0.2) is 87.8 Å². The number of ether oxygens (including phenoxy) is 6. The monoisotopic (exact) mass is 1190 g/mol. The van der Waals surface area contributed by atoms with Crippen molar-refractivity contribution in [1.82, 2.24) is 4.57 Å². The average molecular weight is 1190 g/mol. The Bertz CT molecular complexity index is 3110. The van der Waals surface area contributed by atoms with Crippen molar-refractivity contribution >= 4 is 81.3 Å². The quantitative estimate of drug-likeness (QED) is 0.0392. The second-order valence-corrected chi connectivity index (χ2v) is 28.6. The molecule has 0 unspecified atom stereocenters. The third-order valence-corrected chi connectivity index (χ3v) is 22.4. The summed E-state index contributed by atoms with van der Waals surface area (Å²) in [6, 6.07) is 48.6. The lowest BCUT2D eigenvalue weighted by Gasteiger charge is -2.38. The fourth-order valence-electron chi connectivity index (χ4n) is 9.73. The SMILES string of the molecule is CCc1ccc(C(c2ccc(OCCOCCSC3=C(SC)SC(=C4Sc5cn(CCOCCOc6cccc7c(OCCOCCO)cccc67)cc5S4)S3)cc2)(c2ccc(C(C)(C)C)cc2)c2ccc(C(C)(C)C)cc2)cc1. The second-order valence-electron chi connectivity index (χ2n) is 21.5. The molecular formula is C66H75NO7S6. The van der Waals surface area contributed by atoms with Crippen LogP contribution in [0, 0.1) is 0 Å². The Morgan fingerprint density at radius 3 is 1.43 bits per heavy atom. The van der Waals surface area contributed by atoms with E-state index in [4.69, 9.17) is 33.5 Å². The predicted octanol–water partition coefficient (Wildman–Crippen LogP) is 16.8. The number of aryl methyl sites for hydroxylation is 1. The first-order valence-corrected chi connectivity index (χ1v) is 33.0. The van der Waals surface area contributed by atoms with Crippen molar-refractivity contribution in [2.75, 3.05) is 78.1 Å². The largest absolute Gasteiger partial charge is 0.491 e. The molecule has 2 aliphatic rings. The molecule has 0 spiro atoms. The first-order chi connectivity index (χ1) is 38.8. The standard InChI is InChI=1S/C66H75NO7S6/c1-9-46-16-18-49(19-17-46)66(50-24-20-47(21-25-50)64(2,3)4,51-26-22-48(23-27-51)65(5,6)7)52-28-30-53(31-29-52)72-39-36-71-42-43-76-61-60(75-8)79-63(80-61)62-77-58-44-67(45-59(58)78-62)32-34-69-37-40-73-56-14-10-13-55-54(56)12-11-15-57(55)74-41-38-70-35-33-68/h10-31,44-45,68H,9,32-43H2,1-8H3. The summed E-state index contributed by atoms with van der Waals surface area (Å²) in [7, 11) is 0. The molecule has 0 atom stereocenters. The summed E-state index contributed by atoms with van der Waals surface area (Å²) in [4.78, 5) is 2.60. The molecule has 0 amide bonds. The predicted molar refractivity (Wildman–Crippen MR) is 343 cm³/mol. The lowest BCUT2D eigenvalue weighted by atomic mass is 9.64. The van der Waals surface area contributed by atoms with Gasteiger partial charge < -0.3 is 38.1 Å². The highest BCUT2D eigenvalue weighted by atomic mass is 32.3. The van der Waals surface area contributed by atoms with Crippen molar-refractivity contribution in [3.8, 4) is 17.2 Å². The Balaban J connectivity index is 0.729. The van der Waals surface area contributed by atoms with Crippen LogP contribution in [0.25, 0.3) is 10.8 Å². The van der Waals surface area contributed by atoms with Gasteiger partial charge >= 0.3 is 0 Å². The third kappa shape index (κ3) is 14.9. The van der Waals surface area contributed by atoms with Crippen LogP contribution in [0.1, 0.15) is 87.4 Å². The molecule has 0 fully saturated rings. The summed E-state index contributed by atoms with van der Waals surface area (Å²) in [5, 5.41) is 10.9. The number of hydrogen-bond donors (Lipinski definition) is 1. The van der Waals surface area contributed by atoms with Gasteiger partial charge in [0.15, 0.2) is 0 Å². The van der Waals surface area contributed by atoms with E-state index in [2.05, 4.69) is 169 Å². The Morgan fingerprint density at radius 2 is 0.925 bits per heavy atom. The number of aliphatic hydroxyl groups is 1. The molecule has 422 valence electrons. The number of fused-ring (bicyclic) bond motifs is 2. The lowest BCUT2D eigenvalue weighted by Crippen LogP contribution is -2.31. The van der Waals surface area contributed by atoms with E-state index in [1.54, 1.807) is 0 Å². The van der Waals surface area contributed by atoms with Gasteiger partial charge in [-0.25, -0.2) is 0 Å². The number of hydrogen-bond acceptors (Lipinski definition) is 13. The molecule has 80 heavy (non-hydrogen) atoms. The third-order valence-electron chi connectivity index (χ3n) is 14.1.